The van der Waals surface area contributed by atoms with Gasteiger partial charge in [-0.05, 0) is 35.9 Å². The predicted octanol–water partition coefficient (Wildman–Crippen LogP) is 2.39. The summed E-state index contributed by atoms with van der Waals surface area (Å²) in [6.45, 7) is 0. The molecule has 2 aromatic rings. The van der Waals surface area contributed by atoms with Crippen LogP contribution >= 0.6 is 0 Å². The molecule has 6 nitrogen and oxygen atoms in total. The Morgan fingerprint density at radius 3 is 2.40 bits per heavy atom. The van der Waals surface area contributed by atoms with E-state index in [1.54, 1.807) is 24.3 Å². The summed E-state index contributed by atoms with van der Waals surface area (Å²) in [5.41, 5.74) is 0.821. The molecule has 0 unspecified atom stereocenters. The summed E-state index contributed by atoms with van der Waals surface area (Å²) in [4.78, 5) is 12.1. The zero-order valence-corrected chi connectivity index (χ0v) is 14.5. The molecule has 1 amide bonds. The smallest absolute Gasteiger partial charge is 0.258 e. The van der Waals surface area contributed by atoms with Gasteiger partial charge in [0.2, 0.25) is 10.0 Å². The first-order valence-electron chi connectivity index (χ1n) is 7.25. The van der Waals surface area contributed by atoms with Crippen molar-refractivity contribution < 1.29 is 17.6 Å². The Morgan fingerprint density at radius 1 is 1.20 bits per heavy atom. The zero-order chi connectivity index (χ0) is 18.6. The number of benzene rings is 2. The van der Waals surface area contributed by atoms with Crippen molar-refractivity contribution >= 4 is 21.6 Å². The Morgan fingerprint density at radius 2 is 1.84 bits per heavy atom. The van der Waals surface area contributed by atoms with Crippen LogP contribution in [-0.2, 0) is 16.4 Å². The van der Waals surface area contributed by atoms with Crippen LogP contribution in [0.1, 0.15) is 15.9 Å². The first-order valence-corrected chi connectivity index (χ1v) is 8.69. The normalized spacial score (nSPS) is 11.2. The Bertz CT molecular complexity index is 933. The topological polar surface area (TPSA) is 90.3 Å². The molecule has 2 aromatic carbocycles. The number of nitrogens with one attached hydrogen (secondary N) is 1. The van der Waals surface area contributed by atoms with Gasteiger partial charge >= 0.3 is 0 Å². The maximum atomic E-state index is 14.0. The van der Waals surface area contributed by atoms with E-state index in [1.807, 2.05) is 6.07 Å². The van der Waals surface area contributed by atoms with Gasteiger partial charge in [-0.25, -0.2) is 17.1 Å². The minimum Gasteiger partial charge on any atom is -0.322 e. The van der Waals surface area contributed by atoms with Crippen LogP contribution in [0.25, 0.3) is 0 Å². The van der Waals surface area contributed by atoms with Crippen molar-refractivity contribution in [2.45, 2.75) is 11.3 Å². The van der Waals surface area contributed by atoms with Gasteiger partial charge in [-0.1, -0.05) is 12.1 Å². The number of nitrogens with zero attached hydrogens (tertiary/aromatic N) is 2. The summed E-state index contributed by atoms with van der Waals surface area (Å²) < 4.78 is 39.2. The molecule has 0 atom stereocenters. The van der Waals surface area contributed by atoms with Gasteiger partial charge < -0.3 is 5.32 Å². The van der Waals surface area contributed by atoms with Crippen molar-refractivity contribution in [3.8, 4) is 6.07 Å². The first kappa shape index (κ1) is 18.6. The van der Waals surface area contributed by atoms with Crippen molar-refractivity contribution in [3.63, 3.8) is 0 Å². The van der Waals surface area contributed by atoms with E-state index in [0.717, 1.165) is 28.1 Å². The Kier molecular flexibility index (Phi) is 5.51. The van der Waals surface area contributed by atoms with Gasteiger partial charge in [0.1, 0.15) is 5.82 Å². The molecule has 0 saturated carbocycles. The number of carbonyl (C=O) groups is 1. The summed E-state index contributed by atoms with van der Waals surface area (Å²) in [6.07, 6.45) is 0.243. The number of hydrogen-bond acceptors (Lipinski definition) is 4. The van der Waals surface area contributed by atoms with E-state index in [0.29, 0.717) is 5.69 Å². The number of hydrogen-bond donors (Lipinski definition) is 1. The van der Waals surface area contributed by atoms with E-state index < -0.39 is 21.7 Å². The van der Waals surface area contributed by atoms with Crippen molar-refractivity contribution in [2.24, 2.45) is 0 Å². The molecule has 0 bridgehead atoms. The van der Waals surface area contributed by atoms with E-state index in [9.17, 15) is 17.6 Å². The van der Waals surface area contributed by atoms with Crippen LogP contribution in [0.2, 0.25) is 0 Å². The standard InChI is InChI=1S/C17H16FN3O3S/c1-21(2)25(23,24)14-7-8-16(18)15(11-14)17(22)20-13-5-3-12(4-6-13)9-10-19/h3-8,11H,9H2,1-2H3,(H,20,22). The zero-order valence-electron chi connectivity index (χ0n) is 13.7. The number of amides is 1. The molecule has 0 aliphatic heterocycles. The molecule has 0 fully saturated rings. The highest BCUT2D eigenvalue weighted by atomic mass is 32.2. The van der Waals surface area contributed by atoms with Crippen LogP contribution in [0.4, 0.5) is 10.1 Å². The number of sulfonamides is 1. The van der Waals surface area contributed by atoms with Crippen molar-refractivity contribution in [3.05, 3.63) is 59.4 Å². The SMILES string of the molecule is CN(C)S(=O)(=O)c1ccc(F)c(C(=O)Nc2ccc(CC#N)cc2)c1. The quantitative estimate of drug-likeness (QED) is 0.885. The molecule has 0 aromatic heterocycles. The third kappa shape index (κ3) is 4.21. The molecule has 0 heterocycles. The van der Waals surface area contributed by atoms with Crippen LogP contribution < -0.4 is 5.32 Å². The van der Waals surface area contributed by atoms with E-state index in [1.165, 1.54) is 14.1 Å². The third-order valence-corrected chi connectivity index (χ3v) is 5.27. The molecule has 130 valence electrons. The lowest BCUT2D eigenvalue weighted by molar-refractivity contribution is 0.102. The second-order valence-electron chi connectivity index (χ2n) is 5.42. The second-order valence-corrected chi connectivity index (χ2v) is 7.57. The maximum Gasteiger partial charge on any atom is 0.258 e. The molecule has 0 aliphatic rings. The molecule has 25 heavy (non-hydrogen) atoms. The fourth-order valence-electron chi connectivity index (χ4n) is 2.05. The van der Waals surface area contributed by atoms with Crippen LogP contribution in [0.3, 0.4) is 0 Å². The number of rotatable bonds is 5. The van der Waals surface area contributed by atoms with Crippen LogP contribution in [0.5, 0.6) is 0 Å². The molecule has 0 saturated heterocycles. The largest absolute Gasteiger partial charge is 0.322 e. The Labute approximate surface area is 145 Å². The van der Waals surface area contributed by atoms with Gasteiger partial charge in [0, 0.05) is 19.8 Å². The highest BCUT2D eigenvalue weighted by Crippen LogP contribution is 2.19. The lowest BCUT2D eigenvalue weighted by Gasteiger charge is -2.13. The van der Waals surface area contributed by atoms with Gasteiger partial charge in [0.25, 0.3) is 5.91 Å². The number of halogens is 1. The summed E-state index contributed by atoms with van der Waals surface area (Å²) in [6, 6.07) is 11.6. The molecular weight excluding hydrogens is 345 g/mol. The minimum absolute atomic E-state index is 0.173. The molecule has 2 rings (SSSR count). The number of nitriles is 1. The highest BCUT2D eigenvalue weighted by molar-refractivity contribution is 7.89. The van der Waals surface area contributed by atoms with E-state index in [-0.39, 0.29) is 16.9 Å². The Balaban J connectivity index is 2.29. The van der Waals surface area contributed by atoms with Crippen LogP contribution in [0, 0.1) is 17.1 Å². The number of carbonyl (C=O) groups excluding carboxylic acids is 1. The lowest BCUT2D eigenvalue weighted by Crippen LogP contribution is -2.23. The van der Waals surface area contributed by atoms with Gasteiger partial charge in [-0.15, -0.1) is 0 Å². The third-order valence-electron chi connectivity index (χ3n) is 3.46. The summed E-state index contributed by atoms with van der Waals surface area (Å²) >= 11 is 0. The summed E-state index contributed by atoms with van der Waals surface area (Å²) in [5, 5.41) is 11.1. The molecule has 8 heteroatoms. The van der Waals surface area contributed by atoms with Gasteiger partial charge in [-0.3, -0.25) is 4.79 Å². The van der Waals surface area contributed by atoms with E-state index >= 15 is 0 Å². The molecule has 0 radical (unpaired) electrons. The van der Waals surface area contributed by atoms with Gasteiger partial charge in [0.15, 0.2) is 0 Å². The molecular formula is C17H16FN3O3S. The maximum absolute atomic E-state index is 14.0. The molecule has 0 aliphatic carbocycles. The van der Waals surface area contributed by atoms with E-state index in [4.69, 9.17) is 5.26 Å². The first-order chi connectivity index (χ1) is 11.8. The van der Waals surface area contributed by atoms with Gasteiger partial charge in [-0.2, -0.15) is 5.26 Å². The van der Waals surface area contributed by atoms with Crippen molar-refractivity contribution in [2.75, 3.05) is 19.4 Å². The summed E-state index contributed by atoms with van der Waals surface area (Å²) in [5.74, 6) is -1.59. The monoisotopic (exact) mass is 361 g/mol. The minimum atomic E-state index is -3.78. The summed E-state index contributed by atoms with van der Waals surface area (Å²) in [7, 11) is -1.08. The van der Waals surface area contributed by atoms with Gasteiger partial charge in [0.05, 0.1) is 22.9 Å². The second kappa shape index (κ2) is 7.42. The average Bonchev–Trinajstić information content (AvgIpc) is 2.56. The number of anilines is 1. The average molecular weight is 361 g/mol. The fraction of sp³-hybridized carbons (Fsp3) is 0.176. The molecule has 0 spiro atoms. The van der Waals surface area contributed by atoms with Crippen molar-refractivity contribution in [1.82, 2.24) is 4.31 Å². The Hall–Kier alpha value is -2.76. The lowest BCUT2D eigenvalue weighted by atomic mass is 10.1. The molecule has 1 N–H and O–H groups in total. The van der Waals surface area contributed by atoms with Crippen LogP contribution in [0.15, 0.2) is 47.4 Å². The predicted molar refractivity (Wildman–Crippen MR) is 91.0 cm³/mol. The van der Waals surface area contributed by atoms with E-state index in [2.05, 4.69) is 5.32 Å². The fourth-order valence-corrected chi connectivity index (χ4v) is 2.97. The highest BCUT2D eigenvalue weighted by Gasteiger charge is 2.21. The van der Waals surface area contributed by atoms with Crippen molar-refractivity contribution in [1.29, 1.82) is 5.26 Å². The van der Waals surface area contributed by atoms with Crippen LogP contribution in [-0.4, -0.2) is 32.7 Å².